The summed E-state index contributed by atoms with van der Waals surface area (Å²) in [5.41, 5.74) is 1.03. The number of thioether (sulfide) groups is 1. The highest BCUT2D eigenvalue weighted by Gasteiger charge is 2.23. The van der Waals surface area contributed by atoms with Gasteiger partial charge in [0, 0.05) is 22.6 Å². The topological polar surface area (TPSA) is 51.0 Å². The number of aromatic nitrogens is 2. The first-order chi connectivity index (χ1) is 7.43. The van der Waals surface area contributed by atoms with Gasteiger partial charge in [-0.1, -0.05) is 5.16 Å². The van der Waals surface area contributed by atoms with E-state index in [-0.39, 0.29) is 18.4 Å². The van der Waals surface area contributed by atoms with E-state index >= 15 is 0 Å². The van der Waals surface area contributed by atoms with Gasteiger partial charge in [-0.2, -0.15) is 16.3 Å². The van der Waals surface area contributed by atoms with Crippen LogP contribution >= 0.6 is 35.5 Å². The van der Waals surface area contributed by atoms with Crippen LogP contribution in [0.25, 0.3) is 11.4 Å². The van der Waals surface area contributed by atoms with Crippen LogP contribution in [-0.2, 0) is 0 Å². The van der Waals surface area contributed by atoms with Crippen molar-refractivity contribution in [3.05, 3.63) is 22.7 Å². The summed E-state index contributed by atoms with van der Waals surface area (Å²) in [6, 6.07) is 2.21. The van der Waals surface area contributed by atoms with Crippen LogP contribution in [0.1, 0.15) is 11.9 Å². The molecule has 1 aliphatic rings. The Balaban J connectivity index is 0.000000963. The first-order valence-corrected chi connectivity index (χ1v) is 6.70. The van der Waals surface area contributed by atoms with Crippen LogP contribution in [-0.4, -0.2) is 21.8 Å². The lowest BCUT2D eigenvalue weighted by molar-refractivity contribution is 0.351. The van der Waals surface area contributed by atoms with Crippen molar-refractivity contribution in [2.24, 2.45) is 0 Å². The minimum absolute atomic E-state index is 0. The van der Waals surface area contributed by atoms with Crippen molar-refractivity contribution in [2.75, 3.05) is 11.6 Å². The lowest BCUT2D eigenvalue weighted by Gasteiger charge is -1.99. The largest absolute Gasteiger partial charge is 0.337 e. The lowest BCUT2D eigenvalue weighted by atomic mass is 10.3. The molecule has 0 bridgehead atoms. The second-order valence-corrected chi connectivity index (χ2v) is 5.05. The van der Waals surface area contributed by atoms with E-state index < -0.39 is 0 Å². The van der Waals surface area contributed by atoms with E-state index in [9.17, 15) is 0 Å². The average Bonchev–Trinajstić information content (AvgIpc) is 3.02. The van der Waals surface area contributed by atoms with Crippen molar-refractivity contribution in [2.45, 2.75) is 6.04 Å². The van der Waals surface area contributed by atoms with Crippen molar-refractivity contribution in [3.8, 4) is 11.4 Å². The van der Waals surface area contributed by atoms with Crippen LogP contribution in [0.3, 0.4) is 0 Å². The maximum Gasteiger partial charge on any atom is 0.244 e. The third-order valence-corrected chi connectivity index (χ3v) is 3.86. The molecule has 0 aromatic carbocycles. The molecule has 0 spiro atoms. The SMILES string of the molecule is Cl.c1cc(-c2noc([C@H]3CSCN3)n2)cs1. The average molecular weight is 276 g/mol. The molecule has 0 saturated carbocycles. The molecule has 1 saturated heterocycles. The van der Waals surface area contributed by atoms with Crippen molar-refractivity contribution in [3.63, 3.8) is 0 Å². The number of hydrogen-bond donors (Lipinski definition) is 1. The molecule has 3 rings (SSSR count). The zero-order valence-corrected chi connectivity index (χ0v) is 10.7. The number of hydrogen-bond acceptors (Lipinski definition) is 6. The summed E-state index contributed by atoms with van der Waals surface area (Å²) >= 11 is 3.48. The van der Waals surface area contributed by atoms with E-state index in [1.165, 1.54) is 0 Å². The summed E-state index contributed by atoms with van der Waals surface area (Å²) < 4.78 is 5.24. The van der Waals surface area contributed by atoms with Crippen molar-refractivity contribution in [1.82, 2.24) is 15.5 Å². The zero-order valence-electron chi connectivity index (χ0n) is 8.25. The molecule has 2 aromatic heterocycles. The van der Waals surface area contributed by atoms with Gasteiger partial charge in [0.1, 0.15) is 0 Å². The third-order valence-electron chi connectivity index (χ3n) is 2.24. The molecular weight excluding hydrogens is 266 g/mol. The highest BCUT2D eigenvalue weighted by atomic mass is 35.5. The predicted molar refractivity (Wildman–Crippen MR) is 68.1 cm³/mol. The van der Waals surface area contributed by atoms with Gasteiger partial charge in [-0.3, -0.25) is 5.32 Å². The monoisotopic (exact) mass is 275 g/mol. The van der Waals surface area contributed by atoms with Crippen molar-refractivity contribution < 1.29 is 4.52 Å². The van der Waals surface area contributed by atoms with Crippen LogP contribution < -0.4 is 5.32 Å². The number of nitrogens with one attached hydrogen (secondary N) is 1. The molecule has 16 heavy (non-hydrogen) atoms. The summed E-state index contributed by atoms with van der Waals surface area (Å²) in [4.78, 5) is 4.39. The van der Waals surface area contributed by atoms with Gasteiger partial charge in [-0.25, -0.2) is 0 Å². The van der Waals surface area contributed by atoms with Crippen molar-refractivity contribution in [1.29, 1.82) is 0 Å². The molecule has 2 aromatic rings. The maximum absolute atomic E-state index is 5.24. The normalized spacial score (nSPS) is 19.6. The molecule has 1 N–H and O–H groups in total. The van der Waals surface area contributed by atoms with E-state index in [1.54, 1.807) is 11.3 Å². The Labute approximate surface area is 107 Å². The standard InChI is InChI=1S/C9H9N3OS2.ClH/c1-2-14-3-6(1)8-11-9(13-12-8)7-4-15-5-10-7;/h1-3,7,10H,4-5H2;1H/t7-;/m1./s1. The summed E-state index contributed by atoms with van der Waals surface area (Å²) in [5.74, 6) is 3.35. The van der Waals surface area contributed by atoms with Gasteiger partial charge in [0.25, 0.3) is 0 Å². The quantitative estimate of drug-likeness (QED) is 0.913. The number of halogens is 1. The van der Waals surface area contributed by atoms with Gasteiger partial charge in [0.2, 0.25) is 11.7 Å². The molecular formula is C9H10ClN3OS2. The smallest absolute Gasteiger partial charge is 0.244 e. The molecule has 1 fully saturated rings. The van der Waals surface area contributed by atoms with Gasteiger partial charge in [-0.15, -0.1) is 24.2 Å². The summed E-state index contributed by atoms with van der Waals surface area (Å²) in [6.45, 7) is 0. The highest BCUT2D eigenvalue weighted by molar-refractivity contribution is 7.99. The molecule has 86 valence electrons. The zero-order chi connectivity index (χ0) is 10.1. The molecule has 0 radical (unpaired) electrons. The van der Waals surface area contributed by atoms with Crippen LogP contribution in [0.15, 0.2) is 21.3 Å². The van der Waals surface area contributed by atoms with Crippen LogP contribution in [0.2, 0.25) is 0 Å². The van der Waals surface area contributed by atoms with E-state index in [4.69, 9.17) is 4.52 Å². The minimum atomic E-state index is 0. The maximum atomic E-state index is 5.24. The van der Waals surface area contributed by atoms with Gasteiger partial charge in [-0.05, 0) is 11.4 Å². The van der Waals surface area contributed by atoms with E-state index in [0.29, 0.717) is 11.7 Å². The molecule has 0 aliphatic carbocycles. The first kappa shape index (κ1) is 11.9. The van der Waals surface area contributed by atoms with Gasteiger partial charge >= 0.3 is 0 Å². The summed E-state index contributed by atoms with van der Waals surface area (Å²) in [6.07, 6.45) is 0. The molecule has 1 aliphatic heterocycles. The van der Waals surface area contributed by atoms with Gasteiger partial charge < -0.3 is 4.52 Å². The fourth-order valence-electron chi connectivity index (χ4n) is 1.44. The second-order valence-electron chi connectivity index (χ2n) is 3.24. The van der Waals surface area contributed by atoms with Gasteiger partial charge in [0.15, 0.2) is 0 Å². The first-order valence-electron chi connectivity index (χ1n) is 4.61. The molecule has 3 heterocycles. The number of thiophene rings is 1. The predicted octanol–water partition coefficient (Wildman–Crippen LogP) is 2.55. The lowest BCUT2D eigenvalue weighted by Crippen LogP contribution is -2.14. The van der Waals surface area contributed by atoms with Crippen LogP contribution in [0, 0.1) is 0 Å². The molecule has 0 amide bonds. The molecule has 7 heteroatoms. The Hall–Kier alpha value is -0.560. The van der Waals surface area contributed by atoms with Crippen LogP contribution in [0.4, 0.5) is 0 Å². The minimum Gasteiger partial charge on any atom is -0.337 e. The molecule has 0 unspecified atom stereocenters. The van der Waals surface area contributed by atoms with Crippen molar-refractivity contribution >= 4 is 35.5 Å². The highest BCUT2D eigenvalue weighted by Crippen LogP contribution is 2.25. The summed E-state index contributed by atoms with van der Waals surface area (Å²) in [7, 11) is 0. The Morgan fingerprint density at radius 3 is 3.12 bits per heavy atom. The van der Waals surface area contributed by atoms with E-state index in [1.807, 2.05) is 28.6 Å². The molecule has 1 atom stereocenters. The molecule has 4 nitrogen and oxygen atoms in total. The number of rotatable bonds is 2. The fraction of sp³-hybridized carbons (Fsp3) is 0.333. The Morgan fingerprint density at radius 1 is 1.50 bits per heavy atom. The second kappa shape index (κ2) is 5.18. The summed E-state index contributed by atoms with van der Waals surface area (Å²) in [5, 5.41) is 11.3. The Bertz CT molecular complexity index is 439. The third kappa shape index (κ3) is 2.24. The van der Waals surface area contributed by atoms with E-state index in [0.717, 1.165) is 17.2 Å². The Morgan fingerprint density at radius 2 is 2.44 bits per heavy atom. The number of nitrogens with zero attached hydrogens (tertiary/aromatic N) is 2. The van der Waals surface area contributed by atoms with Gasteiger partial charge in [0.05, 0.1) is 6.04 Å². The fourth-order valence-corrected chi connectivity index (χ4v) is 3.01. The Kier molecular flexibility index (Phi) is 3.86. The van der Waals surface area contributed by atoms with E-state index in [2.05, 4.69) is 15.5 Å². The van der Waals surface area contributed by atoms with Crippen LogP contribution in [0.5, 0.6) is 0 Å².